The summed E-state index contributed by atoms with van der Waals surface area (Å²) in [6.45, 7) is 1.45. The van der Waals surface area contributed by atoms with Gasteiger partial charge < -0.3 is 20.5 Å². The number of nitrogens with zero attached hydrogens (tertiary/aromatic N) is 4. The van der Waals surface area contributed by atoms with E-state index < -0.39 is 0 Å². The van der Waals surface area contributed by atoms with Crippen molar-refractivity contribution in [3.05, 3.63) is 36.2 Å². The zero-order valence-electron chi connectivity index (χ0n) is 16.9. The Labute approximate surface area is 177 Å². The molecule has 1 saturated heterocycles. The van der Waals surface area contributed by atoms with Crippen molar-refractivity contribution < 1.29 is 4.79 Å². The number of thiazole rings is 1. The summed E-state index contributed by atoms with van der Waals surface area (Å²) in [5.74, 6) is 0.812. The lowest BCUT2D eigenvalue weighted by molar-refractivity contribution is -0.122. The number of anilines is 1. The second-order valence-electron chi connectivity index (χ2n) is 7.50. The van der Waals surface area contributed by atoms with Crippen LogP contribution in [0.3, 0.4) is 0 Å². The quantitative estimate of drug-likeness (QED) is 0.458. The zero-order chi connectivity index (χ0) is 20.7. The van der Waals surface area contributed by atoms with Gasteiger partial charge >= 0.3 is 0 Å². The molecule has 0 saturated carbocycles. The van der Waals surface area contributed by atoms with Crippen molar-refractivity contribution in [2.75, 3.05) is 18.9 Å². The molecule has 9 heteroatoms. The van der Waals surface area contributed by atoms with Gasteiger partial charge in [-0.1, -0.05) is 24.3 Å². The highest BCUT2D eigenvalue weighted by Crippen LogP contribution is 2.35. The first-order valence-electron chi connectivity index (χ1n) is 10.0. The molecule has 8 nitrogen and oxygen atoms in total. The third kappa shape index (κ3) is 3.29. The Hall–Kier alpha value is -3.04. The molecule has 4 aromatic rings. The number of fused-ring (bicyclic) bond motifs is 3. The van der Waals surface area contributed by atoms with Gasteiger partial charge in [-0.05, 0) is 24.9 Å². The average molecular weight is 422 g/mol. The van der Waals surface area contributed by atoms with Crippen molar-refractivity contribution in [1.29, 1.82) is 0 Å². The molecule has 0 radical (unpaired) electrons. The molecule has 0 aliphatic carbocycles. The topological polar surface area (TPSA) is 96.8 Å². The van der Waals surface area contributed by atoms with E-state index in [2.05, 4.69) is 25.9 Å². The van der Waals surface area contributed by atoms with E-state index in [1.54, 1.807) is 17.7 Å². The van der Waals surface area contributed by atoms with Crippen molar-refractivity contribution in [2.24, 2.45) is 7.05 Å². The van der Waals surface area contributed by atoms with Gasteiger partial charge in [-0.2, -0.15) is 0 Å². The number of nitrogens with one attached hydrogen (secondary N) is 3. The normalized spacial score (nSPS) is 16.4. The zero-order valence-corrected chi connectivity index (χ0v) is 17.7. The molecule has 30 heavy (non-hydrogen) atoms. The maximum atomic E-state index is 12.2. The molecule has 1 amide bonds. The monoisotopic (exact) mass is 421 g/mol. The number of imidazole rings is 1. The van der Waals surface area contributed by atoms with Crippen molar-refractivity contribution >= 4 is 44.4 Å². The summed E-state index contributed by atoms with van der Waals surface area (Å²) in [6.07, 6.45) is 3.77. The van der Waals surface area contributed by atoms with Crippen LogP contribution in [0.4, 0.5) is 5.82 Å². The van der Waals surface area contributed by atoms with Gasteiger partial charge in [0.1, 0.15) is 15.2 Å². The summed E-state index contributed by atoms with van der Waals surface area (Å²) in [5.41, 5.74) is 4.71. The lowest BCUT2D eigenvalue weighted by Crippen LogP contribution is -2.39. The van der Waals surface area contributed by atoms with Gasteiger partial charge in [0.2, 0.25) is 5.91 Å². The molecular formula is C21H23N7OS. The summed E-state index contributed by atoms with van der Waals surface area (Å²) in [7, 11) is 3.83. The largest absolute Gasteiger partial charge is 0.371 e. The number of benzene rings is 1. The van der Waals surface area contributed by atoms with Gasteiger partial charge in [0.15, 0.2) is 11.5 Å². The minimum Gasteiger partial charge on any atom is -0.371 e. The van der Waals surface area contributed by atoms with Crippen LogP contribution in [0.15, 0.2) is 30.6 Å². The maximum Gasteiger partial charge on any atom is 0.237 e. The minimum atomic E-state index is -0.0501. The van der Waals surface area contributed by atoms with E-state index in [9.17, 15) is 4.79 Å². The van der Waals surface area contributed by atoms with E-state index in [1.807, 2.05) is 42.9 Å². The second-order valence-corrected chi connectivity index (χ2v) is 8.50. The Morgan fingerprint density at radius 3 is 2.87 bits per heavy atom. The number of amides is 1. The Kier molecular flexibility index (Phi) is 4.84. The number of rotatable bonds is 5. The van der Waals surface area contributed by atoms with E-state index in [0.717, 1.165) is 62.7 Å². The Balaban J connectivity index is 1.39. The van der Waals surface area contributed by atoms with Crippen LogP contribution >= 0.6 is 11.3 Å². The Morgan fingerprint density at radius 1 is 1.30 bits per heavy atom. The first-order valence-corrected chi connectivity index (χ1v) is 10.9. The van der Waals surface area contributed by atoms with Crippen LogP contribution in [0.5, 0.6) is 0 Å². The number of carbonyl (C=O) groups excluding carboxylic acids is 1. The summed E-state index contributed by atoms with van der Waals surface area (Å²) in [4.78, 5) is 26.1. The lowest BCUT2D eigenvalue weighted by Gasteiger charge is -2.11. The summed E-state index contributed by atoms with van der Waals surface area (Å²) >= 11 is 1.62. The first kappa shape index (κ1) is 19.0. The molecule has 3 aromatic heterocycles. The van der Waals surface area contributed by atoms with Gasteiger partial charge in [-0.3, -0.25) is 4.79 Å². The number of pyridine rings is 1. The fourth-order valence-corrected chi connectivity index (χ4v) is 4.96. The van der Waals surface area contributed by atoms with Crippen LogP contribution in [0.2, 0.25) is 0 Å². The average Bonchev–Trinajstić information content (AvgIpc) is 3.51. The van der Waals surface area contributed by atoms with Crippen LogP contribution in [0.25, 0.3) is 32.0 Å². The van der Waals surface area contributed by atoms with Crippen LogP contribution < -0.4 is 16.0 Å². The van der Waals surface area contributed by atoms with Crippen molar-refractivity contribution in [3.63, 3.8) is 0 Å². The van der Waals surface area contributed by atoms with Crippen LogP contribution in [0.1, 0.15) is 18.4 Å². The smallest absolute Gasteiger partial charge is 0.237 e. The van der Waals surface area contributed by atoms with E-state index in [0.29, 0.717) is 6.54 Å². The van der Waals surface area contributed by atoms with E-state index in [4.69, 9.17) is 4.98 Å². The lowest BCUT2D eigenvalue weighted by atomic mass is 10.1. The molecule has 1 aliphatic rings. The fraction of sp³-hybridized carbons (Fsp3) is 0.333. The minimum absolute atomic E-state index is 0.0501. The number of hydrogen-bond acceptors (Lipinski definition) is 7. The van der Waals surface area contributed by atoms with Crippen molar-refractivity contribution in [1.82, 2.24) is 30.2 Å². The highest BCUT2D eigenvalue weighted by Gasteiger charge is 2.21. The van der Waals surface area contributed by atoms with Gasteiger partial charge in [0.25, 0.3) is 0 Å². The molecule has 0 bridgehead atoms. The standard InChI is InChI=1S/C21H23N7OS/c1-22-18-15-16(28(2)11-25-15)17-19(26-18)27-21(30-17)13-7-5-12(6-8-13)10-24-20(29)14-4-3-9-23-14/h5-8,11,14,23H,3-4,9-10H2,1-2H3,(H,22,26)(H,24,29)/t14-/m1/s1. The number of hydrogen-bond donors (Lipinski definition) is 3. The molecule has 154 valence electrons. The maximum absolute atomic E-state index is 12.2. The van der Waals surface area contributed by atoms with Crippen LogP contribution in [-0.2, 0) is 18.4 Å². The summed E-state index contributed by atoms with van der Waals surface area (Å²) in [6, 6.07) is 8.12. The van der Waals surface area contributed by atoms with Crippen LogP contribution in [-0.4, -0.2) is 45.1 Å². The highest BCUT2D eigenvalue weighted by atomic mass is 32.1. The predicted molar refractivity (Wildman–Crippen MR) is 120 cm³/mol. The molecule has 0 unspecified atom stereocenters. The summed E-state index contributed by atoms with van der Waals surface area (Å²) < 4.78 is 3.03. The molecule has 3 N–H and O–H groups in total. The van der Waals surface area contributed by atoms with E-state index in [1.165, 1.54) is 0 Å². The van der Waals surface area contributed by atoms with E-state index in [-0.39, 0.29) is 11.9 Å². The Bertz CT molecular complexity index is 1220. The molecule has 4 heterocycles. The van der Waals surface area contributed by atoms with Crippen LogP contribution in [0, 0.1) is 0 Å². The molecule has 1 aromatic carbocycles. The molecule has 1 aliphatic heterocycles. The Morgan fingerprint density at radius 2 is 2.13 bits per heavy atom. The van der Waals surface area contributed by atoms with Gasteiger partial charge in [0, 0.05) is 26.2 Å². The molecule has 1 fully saturated rings. The SMILES string of the molecule is CNc1nc2nc(-c3ccc(CNC(=O)[C@H]4CCCN4)cc3)sc2c2c1ncn2C. The number of carbonyl (C=O) groups is 1. The van der Waals surface area contributed by atoms with Crippen molar-refractivity contribution in [3.8, 4) is 10.6 Å². The third-order valence-electron chi connectivity index (χ3n) is 5.48. The third-order valence-corrected chi connectivity index (χ3v) is 6.59. The molecular weight excluding hydrogens is 398 g/mol. The fourth-order valence-electron chi connectivity index (χ4n) is 3.86. The summed E-state index contributed by atoms with van der Waals surface area (Å²) in [5, 5.41) is 10.3. The second kappa shape index (κ2) is 7.66. The number of aryl methyl sites for hydroxylation is 1. The molecule has 1 atom stereocenters. The molecule has 0 spiro atoms. The first-order chi connectivity index (χ1) is 14.6. The van der Waals surface area contributed by atoms with Crippen molar-refractivity contribution in [2.45, 2.75) is 25.4 Å². The van der Waals surface area contributed by atoms with Gasteiger partial charge in [-0.25, -0.2) is 15.0 Å². The number of aromatic nitrogens is 4. The highest BCUT2D eigenvalue weighted by molar-refractivity contribution is 7.22. The van der Waals surface area contributed by atoms with Gasteiger partial charge in [0.05, 0.1) is 17.9 Å². The molecule has 5 rings (SSSR count). The van der Waals surface area contributed by atoms with E-state index >= 15 is 0 Å². The predicted octanol–water partition coefficient (Wildman–Crippen LogP) is 2.65. The van der Waals surface area contributed by atoms with Gasteiger partial charge in [-0.15, -0.1) is 11.3 Å².